The monoisotopic (exact) mass is 1810 g/mol. The number of allylic oxidation sites excluding steroid dienone is 1. The highest BCUT2D eigenvalue weighted by molar-refractivity contribution is 6.00. The Hall–Kier alpha value is -16.8. The molecule has 23 rings (SSSR count). The second-order valence-electron chi connectivity index (χ2n) is 34.1. The van der Waals surface area contributed by atoms with Crippen molar-refractivity contribution in [2.24, 2.45) is 0 Å². The van der Waals surface area contributed by atoms with Gasteiger partial charge in [0.05, 0.1) is 61.7 Å². The highest BCUT2D eigenvalue weighted by atomic mass is 19.1. The second-order valence-corrected chi connectivity index (χ2v) is 34.1. The van der Waals surface area contributed by atoms with Gasteiger partial charge in [-0.2, -0.15) is 0 Å². The predicted octanol–water partition coefficient (Wildman–Crippen LogP) is 27.4. The van der Waals surface area contributed by atoms with Crippen LogP contribution < -0.4 is 29.4 Å². The zero-order chi connectivity index (χ0) is 94.4. The minimum atomic E-state index is -0.620. The van der Waals surface area contributed by atoms with Gasteiger partial charge in [-0.3, -0.25) is 29.9 Å². The highest BCUT2D eigenvalue weighted by Gasteiger charge is 2.31. The van der Waals surface area contributed by atoms with Crippen LogP contribution >= 0.6 is 0 Å². The van der Waals surface area contributed by atoms with E-state index in [2.05, 4.69) is 203 Å². The van der Waals surface area contributed by atoms with Crippen molar-refractivity contribution in [3.8, 4) is 56.3 Å². The molecule has 680 valence electrons. The Kier molecular flexibility index (Phi) is 27.3. The van der Waals surface area contributed by atoms with Crippen molar-refractivity contribution in [3.63, 3.8) is 0 Å². The van der Waals surface area contributed by atoms with E-state index in [1.807, 2.05) is 220 Å². The summed E-state index contributed by atoms with van der Waals surface area (Å²) in [5, 5.41) is 5.00. The Labute approximate surface area is 801 Å². The number of hydrogen-bond donors (Lipinski definition) is 0. The summed E-state index contributed by atoms with van der Waals surface area (Å²) in [7, 11) is 2.05. The molecule has 0 radical (unpaired) electrons. The molecular formula is C117H101F3N18. The lowest BCUT2D eigenvalue weighted by atomic mass is 10.0. The average Bonchev–Trinajstić information content (AvgIpc) is 1.64. The summed E-state index contributed by atoms with van der Waals surface area (Å²) < 4.78 is 41.5. The molecule has 1 aliphatic carbocycles. The van der Waals surface area contributed by atoms with Crippen molar-refractivity contribution >= 4 is 118 Å². The van der Waals surface area contributed by atoms with Gasteiger partial charge in [-0.25, -0.2) is 43.1 Å². The van der Waals surface area contributed by atoms with Gasteiger partial charge in [-0.1, -0.05) is 176 Å². The molecule has 0 bridgehead atoms. The predicted molar refractivity (Wildman–Crippen MR) is 557 cm³/mol. The average molecular weight is 1820 g/mol. The summed E-state index contributed by atoms with van der Waals surface area (Å²) in [4.78, 5) is 69.7. The Balaban J connectivity index is 0.000000110. The summed E-state index contributed by atoms with van der Waals surface area (Å²) in [5.41, 5.74) is 26.2. The van der Waals surface area contributed by atoms with E-state index in [9.17, 15) is 13.2 Å². The molecule has 0 spiro atoms. The third kappa shape index (κ3) is 20.0. The largest absolute Gasteiger partial charge is 0.353 e. The van der Waals surface area contributed by atoms with Gasteiger partial charge in [0, 0.05) is 180 Å². The van der Waals surface area contributed by atoms with E-state index < -0.39 is 11.6 Å². The topological polar surface area (TPSA) is 174 Å². The van der Waals surface area contributed by atoms with Crippen molar-refractivity contribution in [3.05, 3.63) is 416 Å². The van der Waals surface area contributed by atoms with E-state index in [1.54, 1.807) is 35.0 Å². The Morgan fingerprint density at radius 2 is 0.804 bits per heavy atom. The molecule has 0 fully saturated rings. The molecule has 12 aromatic heterocycles. The summed E-state index contributed by atoms with van der Waals surface area (Å²) in [6.07, 6.45) is 18.9. The zero-order valence-electron chi connectivity index (χ0n) is 77.7. The number of likely N-dealkylation sites (N-methyl/N-ethyl adjacent to an activating group) is 1. The molecule has 138 heavy (non-hydrogen) atoms. The molecule has 0 unspecified atom stereocenters. The van der Waals surface area contributed by atoms with Gasteiger partial charge in [-0.05, 0) is 233 Å². The van der Waals surface area contributed by atoms with E-state index in [-0.39, 0.29) is 5.82 Å². The fraction of sp³-hybridized carbons (Fsp3) is 0.145. The Bertz CT molecular complexity index is 7740. The fourth-order valence-electron chi connectivity index (χ4n) is 18.3. The number of rotatable bonds is 17. The first-order valence-electron chi connectivity index (χ1n) is 46.8. The van der Waals surface area contributed by atoms with Gasteiger partial charge in [0.15, 0.2) is 5.82 Å². The van der Waals surface area contributed by atoms with Crippen molar-refractivity contribution in [2.45, 2.75) is 60.3 Å². The van der Waals surface area contributed by atoms with Crippen LogP contribution in [0.3, 0.4) is 0 Å². The van der Waals surface area contributed by atoms with Crippen LogP contribution in [0.1, 0.15) is 62.3 Å². The molecule has 0 amide bonds. The van der Waals surface area contributed by atoms with Crippen molar-refractivity contribution in [2.75, 3.05) is 82.3 Å². The first-order chi connectivity index (χ1) is 67.7. The van der Waals surface area contributed by atoms with E-state index >= 15 is 0 Å². The van der Waals surface area contributed by atoms with Crippen LogP contribution in [-0.2, 0) is 6.42 Å². The molecular weight excluding hydrogens is 1710 g/mol. The maximum Gasteiger partial charge on any atom is 0.152 e. The first kappa shape index (κ1) is 90.4. The van der Waals surface area contributed by atoms with Gasteiger partial charge in [-0.15, -0.1) is 0 Å². The van der Waals surface area contributed by atoms with Crippen LogP contribution in [0, 0.1) is 31.3 Å². The summed E-state index contributed by atoms with van der Waals surface area (Å²) in [5.74, 6) is 3.82. The van der Waals surface area contributed by atoms with Gasteiger partial charge in [0.1, 0.15) is 46.5 Å². The molecule has 2 aliphatic heterocycles. The van der Waals surface area contributed by atoms with Crippen molar-refractivity contribution < 1.29 is 13.2 Å². The van der Waals surface area contributed by atoms with Crippen LogP contribution in [-0.4, -0.2) is 113 Å². The molecule has 20 aromatic rings. The molecule has 0 saturated heterocycles. The molecule has 18 nitrogen and oxygen atoms in total. The summed E-state index contributed by atoms with van der Waals surface area (Å²) >= 11 is 0. The minimum Gasteiger partial charge on any atom is -0.353 e. The number of aryl methyl sites for hydroxylation is 2. The number of aromatic nitrogens is 12. The quantitative estimate of drug-likeness (QED) is 0.0841. The molecule has 8 aromatic carbocycles. The zero-order valence-corrected chi connectivity index (χ0v) is 77.7. The van der Waals surface area contributed by atoms with Gasteiger partial charge >= 0.3 is 0 Å². The van der Waals surface area contributed by atoms with Crippen LogP contribution in [0.5, 0.6) is 0 Å². The van der Waals surface area contributed by atoms with Crippen LogP contribution in [0.15, 0.2) is 377 Å². The lowest BCUT2D eigenvalue weighted by Crippen LogP contribution is -2.39. The first-order valence-corrected chi connectivity index (χ1v) is 46.8. The van der Waals surface area contributed by atoms with E-state index in [4.69, 9.17) is 24.9 Å². The molecule has 0 saturated carbocycles. The minimum absolute atomic E-state index is 0.254. The lowest BCUT2D eigenvalue weighted by molar-refractivity contribution is 0.583. The number of halogens is 3. The number of pyridine rings is 12. The van der Waals surface area contributed by atoms with Crippen LogP contribution in [0.25, 0.3) is 116 Å². The van der Waals surface area contributed by atoms with Crippen LogP contribution in [0.2, 0.25) is 0 Å². The second kappa shape index (κ2) is 41.8. The number of fused-ring (bicyclic) bond motifs is 8. The molecule has 0 atom stereocenters. The van der Waals surface area contributed by atoms with Crippen LogP contribution in [0.4, 0.5) is 70.8 Å². The van der Waals surface area contributed by atoms with Gasteiger partial charge in [0.25, 0.3) is 0 Å². The molecule has 0 N–H and O–H groups in total. The number of benzene rings is 8. The maximum absolute atomic E-state index is 13.9. The summed E-state index contributed by atoms with van der Waals surface area (Å²) in [6, 6.07) is 104. The fourth-order valence-corrected chi connectivity index (χ4v) is 18.3. The molecule has 3 aliphatic rings. The standard InChI is InChI=1S/C27H24N4.C23H20FN3.C23H21N5.C22H17F2N3.C22H19N3/c1-18-6-7-21-15-20-4-3-13-31(17-24(20)23(21)14-18)27-22-5-2-10-29-26(22)16-25(30-27)19-8-11-28-12-9-19;1-2-14-27(19-11-6-10-18(24)15-19)23-20-12-7-13-25-22(20)16-21(26-23)17-8-4-3-5-9-17;1-2-27-14-15-28(21-11-7-13-25-23(21)27)22-18-10-6-12-24-20(18)16-19(26-22)17-8-4-3-5-9-17;1-2-27(18-12-16(23)11-17(24)13-18)22-19-9-6-10-25-21(19)14-20(26-22)15-7-4-3-5-8-15;1-16-8-6-11-18(14-16)25(2)22-19-12-7-13-23-21(19)15-20(24-22)17-9-4-3-5-10-17/h2,5-12,14,16H,3-4,13,15,17H2,1H3;3-13,15-16H,2,14H2,1H3;3-13,16H,2,14-15H2,1H3;3-14H,2H2,1H3;3-15H,1-2H3. The van der Waals surface area contributed by atoms with E-state index in [0.717, 1.165) is 222 Å². The third-order valence-electron chi connectivity index (χ3n) is 25.0. The van der Waals surface area contributed by atoms with Gasteiger partial charge in [0.2, 0.25) is 0 Å². The van der Waals surface area contributed by atoms with Crippen molar-refractivity contribution in [1.82, 2.24) is 59.8 Å². The SMILES string of the molecule is CCCN(c1cccc(F)c1)c1nc(-c2ccccc2)cc2ncccc12.CCN(c1cc(F)cc(F)c1)c1nc(-c2ccccc2)cc2ncccc12.CCN1CCN(c2nc(-c3ccccc3)cc3ncccc23)c2cccnc21.Cc1ccc2c(c1)C1=C(CCCN(c3nc(-c4ccncc4)cc4ncccc34)C1)C2.Cc1cccc(N(C)c2nc(-c3ccccc3)cc3ncccc23)c1. The number of hydrogen-bond acceptors (Lipinski definition) is 18. The van der Waals surface area contributed by atoms with Gasteiger partial charge < -0.3 is 29.4 Å². The number of anilines is 10. The lowest BCUT2D eigenvalue weighted by Gasteiger charge is -2.37. The van der Waals surface area contributed by atoms with E-state index in [0.29, 0.717) is 18.1 Å². The third-order valence-corrected chi connectivity index (χ3v) is 25.0. The Morgan fingerprint density at radius 3 is 1.33 bits per heavy atom. The molecule has 21 heteroatoms. The highest BCUT2D eigenvalue weighted by Crippen LogP contribution is 2.44. The van der Waals surface area contributed by atoms with E-state index in [1.165, 1.54) is 52.4 Å². The van der Waals surface area contributed by atoms with Crippen molar-refractivity contribution in [1.29, 1.82) is 0 Å². The smallest absolute Gasteiger partial charge is 0.152 e. The molecule has 14 heterocycles. The normalized spacial score (nSPS) is 12.5. The number of nitrogens with zero attached hydrogens (tertiary/aromatic N) is 18. The Morgan fingerprint density at radius 1 is 0.348 bits per heavy atom. The maximum atomic E-state index is 13.9. The summed E-state index contributed by atoms with van der Waals surface area (Å²) in [6.45, 7) is 16.3.